The van der Waals surface area contributed by atoms with Gasteiger partial charge in [-0.2, -0.15) is 18.8 Å². The smallest absolute Gasteiger partial charge is 0.339 e. The van der Waals surface area contributed by atoms with E-state index in [9.17, 15) is 13.2 Å². The SMILES string of the molecule is Cc1ccc(S(=O)(=O)Oc2ccc(/C=N\NC(=O)c3ccc(C#N)cc3)cc2)cc1. The Morgan fingerprint density at radius 2 is 1.63 bits per heavy atom. The maximum Gasteiger partial charge on any atom is 0.339 e. The second-order valence-electron chi connectivity index (χ2n) is 6.31. The lowest BCUT2D eigenvalue weighted by Crippen LogP contribution is -2.17. The third-order valence-corrected chi connectivity index (χ3v) is 5.31. The van der Waals surface area contributed by atoms with Crippen molar-refractivity contribution < 1.29 is 17.4 Å². The molecule has 0 aromatic heterocycles. The number of hydrogen-bond acceptors (Lipinski definition) is 6. The highest BCUT2D eigenvalue weighted by Gasteiger charge is 2.16. The molecule has 0 fully saturated rings. The van der Waals surface area contributed by atoms with Crippen molar-refractivity contribution in [3.63, 3.8) is 0 Å². The van der Waals surface area contributed by atoms with E-state index >= 15 is 0 Å². The van der Waals surface area contributed by atoms with Crippen LogP contribution in [0.1, 0.15) is 27.0 Å². The molecule has 0 aliphatic heterocycles. The molecule has 8 heteroatoms. The summed E-state index contributed by atoms with van der Waals surface area (Å²) in [4.78, 5) is 12.1. The number of nitrogens with zero attached hydrogens (tertiary/aromatic N) is 2. The minimum Gasteiger partial charge on any atom is -0.379 e. The molecule has 1 N–H and O–H groups in total. The molecule has 150 valence electrons. The number of amides is 1. The highest BCUT2D eigenvalue weighted by atomic mass is 32.2. The summed E-state index contributed by atoms with van der Waals surface area (Å²) in [6.45, 7) is 1.87. The van der Waals surface area contributed by atoms with Crippen molar-refractivity contribution in [1.29, 1.82) is 5.26 Å². The Bertz CT molecular complexity index is 1210. The molecular weight excluding hydrogens is 402 g/mol. The summed E-state index contributed by atoms with van der Waals surface area (Å²) < 4.78 is 29.7. The van der Waals surface area contributed by atoms with Crippen molar-refractivity contribution in [3.8, 4) is 11.8 Å². The number of benzene rings is 3. The topological polar surface area (TPSA) is 109 Å². The monoisotopic (exact) mass is 419 g/mol. The van der Waals surface area contributed by atoms with Crippen molar-refractivity contribution in [1.82, 2.24) is 5.43 Å². The van der Waals surface area contributed by atoms with E-state index in [0.717, 1.165) is 5.56 Å². The fraction of sp³-hybridized carbons (Fsp3) is 0.0455. The highest BCUT2D eigenvalue weighted by Crippen LogP contribution is 2.19. The van der Waals surface area contributed by atoms with Gasteiger partial charge in [-0.25, -0.2) is 5.43 Å². The molecule has 1 amide bonds. The zero-order chi connectivity index (χ0) is 21.6. The average molecular weight is 419 g/mol. The van der Waals surface area contributed by atoms with Crippen LogP contribution in [0.15, 0.2) is 82.8 Å². The first-order chi connectivity index (χ1) is 14.4. The Morgan fingerprint density at radius 1 is 1.00 bits per heavy atom. The van der Waals surface area contributed by atoms with Gasteiger partial charge in [0.25, 0.3) is 5.91 Å². The summed E-state index contributed by atoms with van der Waals surface area (Å²) in [5, 5.41) is 12.6. The van der Waals surface area contributed by atoms with Gasteiger partial charge in [0, 0.05) is 5.56 Å². The van der Waals surface area contributed by atoms with Gasteiger partial charge in [-0.15, -0.1) is 0 Å². The molecule has 0 atom stereocenters. The molecule has 3 aromatic rings. The number of hydrazone groups is 1. The van der Waals surface area contributed by atoms with Crippen LogP contribution in [-0.2, 0) is 10.1 Å². The van der Waals surface area contributed by atoms with E-state index in [0.29, 0.717) is 16.7 Å². The number of aryl methyl sites for hydroxylation is 1. The van der Waals surface area contributed by atoms with Gasteiger partial charge in [0.15, 0.2) is 0 Å². The predicted octanol–water partition coefficient (Wildman–Crippen LogP) is 3.40. The van der Waals surface area contributed by atoms with Crippen LogP contribution in [0.2, 0.25) is 0 Å². The molecule has 0 bridgehead atoms. The van der Waals surface area contributed by atoms with Crippen LogP contribution in [0.4, 0.5) is 0 Å². The first-order valence-corrected chi connectivity index (χ1v) is 10.2. The second kappa shape index (κ2) is 9.03. The van der Waals surface area contributed by atoms with Gasteiger partial charge in [-0.1, -0.05) is 17.7 Å². The van der Waals surface area contributed by atoms with Crippen LogP contribution in [0, 0.1) is 18.3 Å². The number of carbonyl (C=O) groups excluding carboxylic acids is 1. The molecule has 0 spiro atoms. The van der Waals surface area contributed by atoms with Gasteiger partial charge < -0.3 is 4.18 Å². The molecule has 0 radical (unpaired) electrons. The predicted molar refractivity (Wildman–Crippen MR) is 112 cm³/mol. The largest absolute Gasteiger partial charge is 0.379 e. The Balaban J connectivity index is 1.60. The fourth-order valence-electron chi connectivity index (χ4n) is 2.42. The number of hydrogen-bond donors (Lipinski definition) is 1. The normalized spacial score (nSPS) is 11.1. The number of rotatable bonds is 6. The van der Waals surface area contributed by atoms with E-state index in [1.807, 2.05) is 13.0 Å². The molecular formula is C22H17N3O4S. The molecule has 0 unspecified atom stereocenters. The summed E-state index contributed by atoms with van der Waals surface area (Å²) in [7, 11) is -3.92. The minimum absolute atomic E-state index is 0.0734. The summed E-state index contributed by atoms with van der Waals surface area (Å²) in [5.74, 6) is -0.255. The van der Waals surface area contributed by atoms with Gasteiger partial charge in [-0.05, 0) is 73.2 Å². The fourth-order valence-corrected chi connectivity index (χ4v) is 3.35. The third-order valence-electron chi connectivity index (χ3n) is 4.05. The Morgan fingerprint density at radius 3 is 2.23 bits per heavy atom. The standard InChI is InChI=1S/C22H17N3O4S/c1-16-2-12-21(13-3-16)30(27,28)29-20-10-6-18(7-11-20)15-24-25-22(26)19-8-4-17(14-23)5-9-19/h2-13,15H,1H3,(H,25,26)/b24-15-. The first kappa shape index (κ1) is 20.8. The molecule has 3 aromatic carbocycles. The molecule has 0 aliphatic carbocycles. The lowest BCUT2D eigenvalue weighted by Gasteiger charge is -2.07. The molecule has 0 saturated carbocycles. The third kappa shape index (κ3) is 5.31. The maximum absolute atomic E-state index is 12.3. The zero-order valence-corrected chi connectivity index (χ0v) is 16.8. The van der Waals surface area contributed by atoms with E-state index in [-0.39, 0.29) is 10.6 Å². The summed E-state index contributed by atoms with van der Waals surface area (Å²) in [5.41, 5.74) is 4.80. The average Bonchev–Trinajstić information content (AvgIpc) is 2.75. The molecule has 3 rings (SSSR count). The van der Waals surface area contributed by atoms with Crippen molar-refractivity contribution in [2.75, 3.05) is 0 Å². The Labute approximate surface area is 174 Å². The lowest BCUT2D eigenvalue weighted by atomic mass is 10.1. The molecule has 0 saturated heterocycles. The van der Waals surface area contributed by atoms with Gasteiger partial charge in [-0.3, -0.25) is 4.79 Å². The maximum atomic E-state index is 12.3. The van der Waals surface area contributed by atoms with Crippen LogP contribution in [0.5, 0.6) is 5.75 Å². The van der Waals surface area contributed by atoms with E-state index in [1.54, 1.807) is 36.4 Å². The number of carbonyl (C=O) groups is 1. The van der Waals surface area contributed by atoms with Crippen LogP contribution >= 0.6 is 0 Å². The second-order valence-corrected chi connectivity index (χ2v) is 7.85. The Kier molecular flexibility index (Phi) is 6.25. The quantitative estimate of drug-likeness (QED) is 0.374. The van der Waals surface area contributed by atoms with Crippen LogP contribution in [0.3, 0.4) is 0 Å². The summed E-state index contributed by atoms with van der Waals surface area (Å²) >= 11 is 0. The first-order valence-electron chi connectivity index (χ1n) is 8.82. The van der Waals surface area contributed by atoms with Crippen molar-refractivity contribution in [2.24, 2.45) is 5.10 Å². The summed E-state index contributed by atoms with van der Waals surface area (Å²) in [6, 6.07) is 20.7. The van der Waals surface area contributed by atoms with E-state index in [4.69, 9.17) is 9.44 Å². The molecule has 0 heterocycles. The molecule has 30 heavy (non-hydrogen) atoms. The summed E-state index contributed by atoms with van der Waals surface area (Å²) in [6.07, 6.45) is 1.42. The Hall–Kier alpha value is -3.96. The number of nitrogens with one attached hydrogen (secondary N) is 1. The molecule has 0 aliphatic rings. The van der Waals surface area contributed by atoms with Crippen molar-refractivity contribution in [3.05, 3.63) is 95.1 Å². The van der Waals surface area contributed by atoms with Gasteiger partial charge >= 0.3 is 10.1 Å². The van der Waals surface area contributed by atoms with E-state index < -0.39 is 16.0 Å². The van der Waals surface area contributed by atoms with Crippen LogP contribution in [-0.4, -0.2) is 20.5 Å². The zero-order valence-electron chi connectivity index (χ0n) is 15.9. The van der Waals surface area contributed by atoms with E-state index in [1.165, 1.54) is 42.6 Å². The minimum atomic E-state index is -3.92. The van der Waals surface area contributed by atoms with Gasteiger partial charge in [0.05, 0.1) is 17.8 Å². The van der Waals surface area contributed by atoms with Crippen molar-refractivity contribution in [2.45, 2.75) is 11.8 Å². The van der Waals surface area contributed by atoms with Crippen molar-refractivity contribution >= 4 is 22.2 Å². The molecule has 7 nitrogen and oxygen atoms in total. The number of nitriles is 1. The van der Waals surface area contributed by atoms with Gasteiger partial charge in [0.2, 0.25) is 0 Å². The highest BCUT2D eigenvalue weighted by molar-refractivity contribution is 7.87. The van der Waals surface area contributed by atoms with E-state index in [2.05, 4.69) is 10.5 Å². The van der Waals surface area contributed by atoms with Crippen LogP contribution < -0.4 is 9.61 Å². The lowest BCUT2D eigenvalue weighted by molar-refractivity contribution is 0.0955. The van der Waals surface area contributed by atoms with Crippen LogP contribution in [0.25, 0.3) is 0 Å². The van der Waals surface area contributed by atoms with Gasteiger partial charge in [0.1, 0.15) is 10.6 Å².